The molecule has 7 nitrogen and oxygen atoms in total. The average molecular weight is 160 g/mol. The van der Waals surface area contributed by atoms with E-state index in [2.05, 4.69) is 15.8 Å². The predicted molar refractivity (Wildman–Crippen MR) is 36.6 cm³/mol. The van der Waals surface area contributed by atoms with Crippen LogP contribution in [-0.2, 0) is 4.74 Å². The van der Waals surface area contributed by atoms with Gasteiger partial charge < -0.3 is 10.5 Å². The average Bonchev–Trinajstić information content (AvgIpc) is 1.88. The van der Waals surface area contributed by atoms with Gasteiger partial charge in [0.15, 0.2) is 0 Å². The first-order valence-corrected chi connectivity index (χ1v) is 2.78. The fourth-order valence-electron chi connectivity index (χ4n) is 0.386. The molecule has 11 heavy (non-hydrogen) atoms. The van der Waals surface area contributed by atoms with Crippen molar-refractivity contribution in [1.82, 2.24) is 5.01 Å². The van der Waals surface area contributed by atoms with E-state index in [0.29, 0.717) is 5.01 Å². The standard InChI is InChI=1S/C4H8N4O3/c1-2-8(7-10)3(5)11-4(6)9/h5H,2H2,1H3,(H2,6,9). The normalized spacial score (nSPS) is 8.45. The fourth-order valence-corrected chi connectivity index (χ4v) is 0.386. The maximum Gasteiger partial charge on any atom is 0.412 e. The Morgan fingerprint density at radius 3 is 2.64 bits per heavy atom. The van der Waals surface area contributed by atoms with Crippen LogP contribution in [0.4, 0.5) is 4.79 Å². The largest absolute Gasteiger partial charge is 0.412 e. The molecule has 0 aliphatic heterocycles. The topological polar surface area (TPSA) is 109 Å². The Morgan fingerprint density at radius 1 is 1.82 bits per heavy atom. The van der Waals surface area contributed by atoms with E-state index in [4.69, 9.17) is 5.41 Å². The van der Waals surface area contributed by atoms with Crippen molar-refractivity contribution in [3.05, 3.63) is 4.91 Å². The molecule has 0 rings (SSSR count). The van der Waals surface area contributed by atoms with Crippen molar-refractivity contribution in [1.29, 1.82) is 5.41 Å². The second-order valence-electron chi connectivity index (χ2n) is 1.52. The first-order chi connectivity index (χ1) is 5.11. The molecular formula is C4H8N4O3. The predicted octanol–water partition coefficient (Wildman–Crippen LogP) is 0.0198. The molecule has 0 aromatic carbocycles. The molecule has 7 heteroatoms. The van der Waals surface area contributed by atoms with Gasteiger partial charge in [-0.25, -0.2) is 10.2 Å². The Kier molecular flexibility index (Phi) is 3.57. The van der Waals surface area contributed by atoms with E-state index in [1.807, 2.05) is 0 Å². The Balaban J connectivity index is 3.99. The van der Waals surface area contributed by atoms with Crippen LogP contribution in [-0.4, -0.2) is 23.7 Å². The molecule has 0 aliphatic rings. The molecule has 0 atom stereocenters. The Bertz CT molecular complexity index is 180. The molecule has 0 bridgehead atoms. The van der Waals surface area contributed by atoms with Crippen molar-refractivity contribution in [2.75, 3.05) is 6.54 Å². The summed E-state index contributed by atoms with van der Waals surface area (Å²) in [6.45, 7) is 1.72. The molecule has 0 aromatic rings. The first kappa shape index (κ1) is 9.34. The smallest absolute Gasteiger partial charge is 0.375 e. The van der Waals surface area contributed by atoms with Crippen molar-refractivity contribution >= 4 is 12.1 Å². The number of nitrogens with one attached hydrogen (secondary N) is 1. The number of nitroso groups, excluding NO2 is 1. The molecule has 0 heterocycles. The molecule has 0 aliphatic carbocycles. The maximum atomic E-state index is 10.0. The number of hydrogen-bond donors (Lipinski definition) is 2. The zero-order valence-corrected chi connectivity index (χ0v) is 5.90. The monoisotopic (exact) mass is 160 g/mol. The molecule has 0 saturated heterocycles. The number of primary amides is 1. The minimum absolute atomic E-state index is 0.148. The van der Waals surface area contributed by atoms with Gasteiger partial charge in [-0.1, -0.05) is 0 Å². The van der Waals surface area contributed by atoms with Gasteiger partial charge in [0.2, 0.25) is 0 Å². The summed E-state index contributed by atoms with van der Waals surface area (Å²) in [5, 5.41) is 9.91. The third-order valence-corrected chi connectivity index (χ3v) is 0.830. The lowest BCUT2D eigenvalue weighted by Gasteiger charge is -2.10. The first-order valence-electron chi connectivity index (χ1n) is 2.78. The van der Waals surface area contributed by atoms with Crippen molar-refractivity contribution < 1.29 is 9.53 Å². The third-order valence-electron chi connectivity index (χ3n) is 0.830. The van der Waals surface area contributed by atoms with Crippen LogP contribution in [0.15, 0.2) is 5.29 Å². The number of amides is 1. The summed E-state index contributed by atoms with van der Waals surface area (Å²) < 4.78 is 4.05. The fraction of sp³-hybridized carbons (Fsp3) is 0.500. The molecule has 0 radical (unpaired) electrons. The summed E-state index contributed by atoms with van der Waals surface area (Å²) >= 11 is 0. The summed E-state index contributed by atoms with van der Waals surface area (Å²) in [7, 11) is 0. The zero-order chi connectivity index (χ0) is 8.85. The van der Waals surface area contributed by atoms with Gasteiger partial charge >= 0.3 is 12.1 Å². The van der Waals surface area contributed by atoms with Gasteiger partial charge in [-0.3, -0.25) is 0 Å². The van der Waals surface area contributed by atoms with Crippen LogP contribution in [0.1, 0.15) is 6.92 Å². The minimum Gasteiger partial charge on any atom is -0.375 e. The summed E-state index contributed by atoms with van der Waals surface area (Å²) in [6, 6.07) is -0.671. The molecule has 0 saturated carbocycles. The highest BCUT2D eigenvalue weighted by Crippen LogP contribution is 1.91. The summed E-state index contributed by atoms with van der Waals surface area (Å²) in [5.41, 5.74) is 4.57. The molecule has 0 spiro atoms. The number of hydrogen-bond acceptors (Lipinski definition) is 5. The Morgan fingerprint density at radius 2 is 2.36 bits per heavy atom. The van der Waals surface area contributed by atoms with Crippen LogP contribution in [0, 0.1) is 10.3 Å². The number of carbonyl (C=O) groups is 1. The van der Waals surface area contributed by atoms with E-state index in [1.165, 1.54) is 0 Å². The number of ether oxygens (including phenoxy) is 1. The van der Waals surface area contributed by atoms with Gasteiger partial charge in [-0.05, 0) is 6.92 Å². The van der Waals surface area contributed by atoms with Gasteiger partial charge in [0.1, 0.15) is 0 Å². The quantitative estimate of drug-likeness (QED) is 0.257. The highest BCUT2D eigenvalue weighted by atomic mass is 16.6. The van der Waals surface area contributed by atoms with E-state index in [-0.39, 0.29) is 6.54 Å². The lowest BCUT2D eigenvalue weighted by Crippen LogP contribution is -2.30. The molecule has 0 unspecified atom stereocenters. The zero-order valence-electron chi connectivity index (χ0n) is 5.90. The number of amidine groups is 1. The van der Waals surface area contributed by atoms with Crippen molar-refractivity contribution in [3.8, 4) is 0 Å². The van der Waals surface area contributed by atoms with Crippen molar-refractivity contribution in [2.45, 2.75) is 6.92 Å². The van der Waals surface area contributed by atoms with Gasteiger partial charge in [0.05, 0.1) is 5.29 Å². The van der Waals surface area contributed by atoms with Gasteiger partial charge in [-0.15, -0.1) is 4.91 Å². The van der Waals surface area contributed by atoms with Crippen LogP contribution < -0.4 is 5.73 Å². The summed E-state index contributed by atoms with van der Waals surface area (Å²) in [6.07, 6.45) is -1.14. The highest BCUT2D eigenvalue weighted by molar-refractivity contribution is 5.83. The number of carbonyl (C=O) groups excluding carboxylic acids is 1. The van der Waals surface area contributed by atoms with Crippen LogP contribution in [0.2, 0.25) is 0 Å². The van der Waals surface area contributed by atoms with Crippen molar-refractivity contribution in [2.24, 2.45) is 11.0 Å². The van der Waals surface area contributed by atoms with E-state index in [0.717, 1.165) is 0 Å². The Hall–Kier alpha value is -1.66. The van der Waals surface area contributed by atoms with Gasteiger partial charge in [0.25, 0.3) is 0 Å². The number of nitrogens with two attached hydrogens (primary N) is 1. The molecule has 3 N–H and O–H groups in total. The van der Waals surface area contributed by atoms with E-state index >= 15 is 0 Å². The molecule has 62 valence electrons. The summed E-state index contributed by atoms with van der Waals surface area (Å²) in [4.78, 5) is 19.9. The van der Waals surface area contributed by atoms with Gasteiger partial charge in [-0.2, -0.15) is 5.01 Å². The second-order valence-corrected chi connectivity index (χ2v) is 1.52. The van der Waals surface area contributed by atoms with E-state index < -0.39 is 12.1 Å². The van der Waals surface area contributed by atoms with Gasteiger partial charge in [0, 0.05) is 6.54 Å². The molecule has 0 fully saturated rings. The second kappa shape index (κ2) is 4.20. The maximum absolute atomic E-state index is 10.0. The van der Waals surface area contributed by atoms with Crippen LogP contribution >= 0.6 is 0 Å². The van der Waals surface area contributed by atoms with Crippen molar-refractivity contribution in [3.63, 3.8) is 0 Å². The van der Waals surface area contributed by atoms with Crippen LogP contribution in [0.5, 0.6) is 0 Å². The molecule has 1 amide bonds. The van der Waals surface area contributed by atoms with Crippen LogP contribution in [0.25, 0.3) is 0 Å². The molecule has 0 aromatic heterocycles. The van der Waals surface area contributed by atoms with E-state index in [9.17, 15) is 9.70 Å². The minimum atomic E-state index is -1.14. The lowest BCUT2D eigenvalue weighted by molar-refractivity contribution is 0.195. The number of rotatable bonds is 2. The summed E-state index contributed by atoms with van der Waals surface area (Å²) in [5.74, 6) is 0. The lowest BCUT2D eigenvalue weighted by atomic mass is 10.7. The Labute approximate surface area is 62.6 Å². The number of nitrogens with zero attached hydrogens (tertiary/aromatic N) is 2. The third kappa shape index (κ3) is 3.14. The van der Waals surface area contributed by atoms with Crippen LogP contribution in [0.3, 0.4) is 0 Å². The van der Waals surface area contributed by atoms with E-state index in [1.54, 1.807) is 6.92 Å². The molecular weight excluding hydrogens is 152 g/mol. The highest BCUT2D eigenvalue weighted by Gasteiger charge is 2.10. The SMILES string of the molecule is CCN(N=O)C(=N)OC(N)=O.